The van der Waals surface area contributed by atoms with E-state index >= 15 is 0 Å². The number of rotatable bonds is 6. The highest BCUT2D eigenvalue weighted by molar-refractivity contribution is 5.77. The molecule has 2 saturated heterocycles. The van der Waals surface area contributed by atoms with E-state index in [1.54, 1.807) is 7.11 Å². The van der Waals surface area contributed by atoms with E-state index in [1.165, 1.54) is 6.42 Å². The topological polar surface area (TPSA) is 58.6 Å². The molecule has 0 unspecified atom stereocenters. The fourth-order valence-corrected chi connectivity index (χ4v) is 4.44. The molecule has 27 heavy (non-hydrogen) atoms. The fourth-order valence-electron chi connectivity index (χ4n) is 4.44. The highest BCUT2D eigenvalue weighted by Crippen LogP contribution is 2.40. The summed E-state index contributed by atoms with van der Waals surface area (Å²) in [5.41, 5.74) is 1.22. The molecule has 0 saturated carbocycles. The molecule has 0 N–H and O–H groups in total. The molecule has 0 bridgehead atoms. The third kappa shape index (κ3) is 4.78. The van der Waals surface area contributed by atoms with Crippen LogP contribution in [0.15, 0.2) is 6.07 Å². The normalized spacial score (nSPS) is 23.5. The van der Waals surface area contributed by atoms with Crippen molar-refractivity contribution in [3.63, 3.8) is 0 Å². The minimum absolute atomic E-state index is 0.191. The maximum Gasteiger partial charge on any atom is 0.222 e. The Balaban J connectivity index is 1.74. The number of carbonyl (C=O) groups is 1. The predicted molar refractivity (Wildman–Crippen MR) is 107 cm³/mol. The average molecular weight is 375 g/mol. The zero-order valence-electron chi connectivity index (χ0n) is 17.3. The van der Waals surface area contributed by atoms with Crippen LogP contribution in [0.3, 0.4) is 0 Å². The second-order valence-electron chi connectivity index (χ2n) is 8.57. The van der Waals surface area contributed by atoms with Gasteiger partial charge in [0.05, 0.1) is 0 Å². The van der Waals surface area contributed by atoms with Crippen molar-refractivity contribution in [2.75, 3.05) is 44.8 Å². The van der Waals surface area contributed by atoms with E-state index in [4.69, 9.17) is 9.72 Å². The van der Waals surface area contributed by atoms with Crippen molar-refractivity contribution in [2.24, 2.45) is 5.41 Å². The number of aromatic nitrogens is 2. The molecule has 1 spiro atoms. The van der Waals surface area contributed by atoms with Gasteiger partial charge in [0, 0.05) is 69.4 Å². The van der Waals surface area contributed by atoms with E-state index in [0.717, 1.165) is 62.8 Å². The van der Waals surface area contributed by atoms with E-state index in [9.17, 15) is 4.79 Å². The zero-order valence-corrected chi connectivity index (χ0v) is 17.3. The molecule has 2 aliphatic rings. The molecular formula is C21H34N4O2. The number of nitrogens with zero attached hydrogens (tertiary/aromatic N) is 4. The van der Waals surface area contributed by atoms with E-state index in [2.05, 4.69) is 34.7 Å². The maximum atomic E-state index is 12.4. The molecule has 1 aromatic rings. The van der Waals surface area contributed by atoms with E-state index in [1.807, 2.05) is 6.92 Å². The summed E-state index contributed by atoms with van der Waals surface area (Å²) >= 11 is 0. The summed E-state index contributed by atoms with van der Waals surface area (Å²) in [7, 11) is 1.72. The average Bonchev–Trinajstić information content (AvgIpc) is 2.64. The molecule has 1 amide bonds. The van der Waals surface area contributed by atoms with Crippen LogP contribution in [0.25, 0.3) is 0 Å². The van der Waals surface area contributed by atoms with E-state index in [-0.39, 0.29) is 5.41 Å². The lowest BCUT2D eigenvalue weighted by molar-refractivity contribution is -0.138. The Labute approximate surface area is 163 Å². The quantitative estimate of drug-likeness (QED) is 0.716. The Morgan fingerprint density at radius 1 is 1.26 bits per heavy atom. The first kappa shape index (κ1) is 20.1. The van der Waals surface area contributed by atoms with Crippen LogP contribution in [-0.2, 0) is 9.53 Å². The number of ether oxygens (including phenoxy) is 1. The summed E-state index contributed by atoms with van der Waals surface area (Å²) in [4.78, 5) is 26.3. The number of amides is 1. The van der Waals surface area contributed by atoms with Crippen molar-refractivity contribution in [1.29, 1.82) is 0 Å². The lowest BCUT2D eigenvalue weighted by Crippen LogP contribution is -2.54. The molecule has 0 aliphatic carbocycles. The molecule has 1 atom stereocenters. The second-order valence-corrected chi connectivity index (χ2v) is 8.57. The Hall–Kier alpha value is -1.69. The van der Waals surface area contributed by atoms with Crippen LogP contribution in [0.5, 0.6) is 0 Å². The zero-order chi connectivity index (χ0) is 19.4. The molecule has 6 nitrogen and oxygen atoms in total. The monoisotopic (exact) mass is 374 g/mol. The van der Waals surface area contributed by atoms with Crippen molar-refractivity contribution < 1.29 is 9.53 Å². The molecule has 6 heteroatoms. The van der Waals surface area contributed by atoms with Gasteiger partial charge in [-0.3, -0.25) is 4.79 Å². The number of methoxy groups -OCH3 is 1. The predicted octanol–water partition coefficient (Wildman–Crippen LogP) is 3.15. The van der Waals surface area contributed by atoms with Crippen molar-refractivity contribution in [3.8, 4) is 0 Å². The van der Waals surface area contributed by atoms with Gasteiger partial charge in [0.25, 0.3) is 0 Å². The molecule has 150 valence electrons. The van der Waals surface area contributed by atoms with Crippen LogP contribution in [0.4, 0.5) is 5.82 Å². The van der Waals surface area contributed by atoms with Gasteiger partial charge in [-0.1, -0.05) is 13.8 Å². The molecule has 0 aromatic carbocycles. The number of likely N-dealkylation sites (tertiary alicyclic amines) is 1. The first-order valence-corrected chi connectivity index (χ1v) is 10.3. The van der Waals surface area contributed by atoms with Gasteiger partial charge in [-0.25, -0.2) is 9.97 Å². The lowest BCUT2D eigenvalue weighted by atomic mass is 9.73. The molecule has 2 aliphatic heterocycles. The van der Waals surface area contributed by atoms with E-state index < -0.39 is 0 Å². The summed E-state index contributed by atoms with van der Waals surface area (Å²) in [6.07, 6.45) is 4.91. The highest BCUT2D eigenvalue weighted by Gasteiger charge is 2.41. The van der Waals surface area contributed by atoms with Gasteiger partial charge in [-0.05, 0) is 32.6 Å². The Morgan fingerprint density at radius 2 is 2.07 bits per heavy atom. The van der Waals surface area contributed by atoms with Crippen molar-refractivity contribution in [1.82, 2.24) is 14.9 Å². The van der Waals surface area contributed by atoms with E-state index in [0.29, 0.717) is 24.9 Å². The van der Waals surface area contributed by atoms with Crippen LogP contribution in [0.1, 0.15) is 63.4 Å². The highest BCUT2D eigenvalue weighted by atomic mass is 16.5. The standard InChI is InChI=1S/C21H34N4O2/c1-16(2)20-22-17(3)13-18(23-20)24-10-5-8-21(14-24)9-7-19(26)25(15-21)11-6-12-27-4/h13,16H,5-12,14-15H2,1-4H3/t21-/m1/s1. The Bertz CT molecular complexity index is 664. The number of hydrogen-bond acceptors (Lipinski definition) is 5. The van der Waals surface area contributed by atoms with Gasteiger partial charge in [0.15, 0.2) is 0 Å². The third-order valence-electron chi connectivity index (χ3n) is 5.88. The Kier molecular flexibility index (Phi) is 6.35. The lowest BCUT2D eigenvalue weighted by Gasteiger charge is -2.48. The van der Waals surface area contributed by atoms with Crippen molar-refractivity contribution in [2.45, 2.75) is 58.8 Å². The minimum atomic E-state index is 0.191. The first-order valence-electron chi connectivity index (χ1n) is 10.3. The number of aryl methyl sites for hydroxylation is 1. The molecule has 2 fully saturated rings. The van der Waals surface area contributed by atoms with Crippen LogP contribution < -0.4 is 4.90 Å². The SMILES string of the molecule is COCCCN1C[C@]2(CCCN(c3cc(C)nc(C(C)C)n3)C2)CCC1=O. The van der Waals surface area contributed by atoms with Gasteiger partial charge in [-0.15, -0.1) is 0 Å². The smallest absolute Gasteiger partial charge is 0.222 e. The van der Waals surface area contributed by atoms with Gasteiger partial charge in [-0.2, -0.15) is 0 Å². The van der Waals surface area contributed by atoms with Gasteiger partial charge >= 0.3 is 0 Å². The molecular weight excluding hydrogens is 340 g/mol. The number of hydrogen-bond donors (Lipinski definition) is 0. The molecule has 0 radical (unpaired) electrons. The van der Waals surface area contributed by atoms with Gasteiger partial charge in [0.2, 0.25) is 5.91 Å². The molecule has 1 aromatic heterocycles. The number of carbonyl (C=O) groups excluding carboxylic acids is 1. The molecule has 3 rings (SSSR count). The summed E-state index contributed by atoms with van der Waals surface area (Å²) in [5.74, 6) is 2.59. The summed E-state index contributed by atoms with van der Waals surface area (Å²) in [5, 5.41) is 0. The van der Waals surface area contributed by atoms with Crippen molar-refractivity contribution >= 4 is 11.7 Å². The van der Waals surface area contributed by atoms with Crippen LogP contribution >= 0.6 is 0 Å². The van der Waals surface area contributed by atoms with Crippen LogP contribution in [0, 0.1) is 12.3 Å². The first-order chi connectivity index (χ1) is 12.9. The van der Waals surface area contributed by atoms with Gasteiger partial charge in [0.1, 0.15) is 11.6 Å². The van der Waals surface area contributed by atoms with Crippen LogP contribution in [-0.4, -0.2) is 60.7 Å². The number of anilines is 1. The summed E-state index contributed by atoms with van der Waals surface area (Å²) in [6.45, 7) is 10.7. The molecule has 3 heterocycles. The third-order valence-corrected chi connectivity index (χ3v) is 5.88. The summed E-state index contributed by atoms with van der Waals surface area (Å²) < 4.78 is 5.16. The maximum absolute atomic E-state index is 12.4. The van der Waals surface area contributed by atoms with Crippen LogP contribution in [0.2, 0.25) is 0 Å². The summed E-state index contributed by atoms with van der Waals surface area (Å²) in [6, 6.07) is 2.11. The number of piperidine rings is 2. The second kappa shape index (κ2) is 8.55. The van der Waals surface area contributed by atoms with Gasteiger partial charge < -0.3 is 14.5 Å². The minimum Gasteiger partial charge on any atom is -0.385 e. The van der Waals surface area contributed by atoms with Crippen molar-refractivity contribution in [3.05, 3.63) is 17.6 Å². The Morgan fingerprint density at radius 3 is 2.81 bits per heavy atom. The largest absolute Gasteiger partial charge is 0.385 e. The fraction of sp³-hybridized carbons (Fsp3) is 0.762.